The van der Waals surface area contributed by atoms with Crippen molar-refractivity contribution in [1.82, 2.24) is 5.32 Å². The minimum absolute atomic E-state index is 0.142. The molecule has 1 N–H and O–H groups in total. The Kier molecular flexibility index (Phi) is 6.06. The van der Waals surface area contributed by atoms with Gasteiger partial charge in [0, 0.05) is 17.9 Å². The van der Waals surface area contributed by atoms with Crippen LogP contribution in [0.5, 0.6) is 0 Å². The Morgan fingerprint density at radius 3 is 2.35 bits per heavy atom. The minimum atomic E-state index is 0.142. The van der Waals surface area contributed by atoms with Gasteiger partial charge in [-0.2, -0.15) is 0 Å². The highest BCUT2D eigenvalue weighted by molar-refractivity contribution is 5.09. The molecule has 98 valence electrons. The van der Waals surface area contributed by atoms with Crippen LogP contribution in [0.4, 0.5) is 0 Å². The van der Waals surface area contributed by atoms with Gasteiger partial charge in [0.1, 0.15) is 0 Å². The summed E-state index contributed by atoms with van der Waals surface area (Å²) in [5.41, 5.74) is 0.142. The second-order valence-corrected chi connectivity index (χ2v) is 6.32. The second-order valence-electron chi connectivity index (χ2n) is 6.32. The summed E-state index contributed by atoms with van der Waals surface area (Å²) in [6.45, 7) is 9.82. The molecule has 0 saturated heterocycles. The maximum Gasteiger partial charge on any atom is 0.0246 e. The molecule has 0 aromatic rings. The first-order chi connectivity index (χ1) is 8.03. The van der Waals surface area contributed by atoms with Crippen molar-refractivity contribution < 1.29 is 0 Å². The molecule has 0 radical (unpaired) electrons. The summed E-state index contributed by atoms with van der Waals surface area (Å²) >= 11 is 0. The Bertz CT molecular complexity index is 257. The van der Waals surface area contributed by atoms with Crippen molar-refractivity contribution in [1.29, 1.82) is 0 Å². The van der Waals surface area contributed by atoms with Crippen LogP contribution in [0, 0.1) is 23.2 Å². The second kappa shape index (κ2) is 7.07. The van der Waals surface area contributed by atoms with Gasteiger partial charge in [-0.3, -0.25) is 0 Å². The highest BCUT2D eigenvalue weighted by Crippen LogP contribution is 2.27. The lowest BCUT2D eigenvalue weighted by Crippen LogP contribution is -2.36. The van der Waals surface area contributed by atoms with E-state index in [9.17, 15) is 0 Å². The number of rotatable bonds is 4. The summed E-state index contributed by atoms with van der Waals surface area (Å²) in [7, 11) is 0. The van der Waals surface area contributed by atoms with Crippen molar-refractivity contribution in [2.24, 2.45) is 11.3 Å². The third-order valence-corrected chi connectivity index (χ3v) is 3.47. The van der Waals surface area contributed by atoms with Crippen LogP contribution < -0.4 is 5.32 Å². The molecule has 1 unspecified atom stereocenters. The Labute approximate surface area is 108 Å². The maximum absolute atomic E-state index is 3.64. The standard InChI is InChI=1S/C16H29N/c1-5-17-15(12-9-13-16(2,3)4)14-10-7-6-8-11-14/h14-15,17H,5-8,10-12H2,1-4H3. The van der Waals surface area contributed by atoms with Crippen molar-refractivity contribution in [2.45, 2.75) is 72.3 Å². The summed E-state index contributed by atoms with van der Waals surface area (Å²) in [5.74, 6) is 7.61. The van der Waals surface area contributed by atoms with E-state index in [1.807, 2.05) is 0 Å². The number of hydrogen-bond acceptors (Lipinski definition) is 1. The van der Waals surface area contributed by atoms with Crippen LogP contribution in [0.1, 0.15) is 66.2 Å². The molecule has 0 spiro atoms. The Balaban J connectivity index is 2.49. The van der Waals surface area contributed by atoms with E-state index in [-0.39, 0.29) is 5.41 Å². The first kappa shape index (κ1) is 14.6. The first-order valence-corrected chi connectivity index (χ1v) is 7.26. The fraction of sp³-hybridized carbons (Fsp3) is 0.875. The minimum Gasteiger partial charge on any atom is -0.313 e. The molecule has 1 nitrogen and oxygen atoms in total. The molecule has 1 atom stereocenters. The molecule has 0 aliphatic heterocycles. The Morgan fingerprint density at radius 2 is 1.82 bits per heavy atom. The molecule has 0 bridgehead atoms. The van der Waals surface area contributed by atoms with Gasteiger partial charge in [0.15, 0.2) is 0 Å². The van der Waals surface area contributed by atoms with Crippen LogP contribution in [-0.2, 0) is 0 Å². The van der Waals surface area contributed by atoms with Gasteiger partial charge in [0.25, 0.3) is 0 Å². The lowest BCUT2D eigenvalue weighted by molar-refractivity contribution is 0.274. The van der Waals surface area contributed by atoms with E-state index < -0.39 is 0 Å². The van der Waals surface area contributed by atoms with Gasteiger partial charge in [0.05, 0.1) is 0 Å². The van der Waals surface area contributed by atoms with E-state index in [2.05, 4.69) is 44.9 Å². The van der Waals surface area contributed by atoms with Gasteiger partial charge >= 0.3 is 0 Å². The SMILES string of the molecule is CCNC(CC#CC(C)(C)C)C1CCCCC1. The zero-order valence-corrected chi connectivity index (χ0v) is 12.1. The average molecular weight is 235 g/mol. The van der Waals surface area contributed by atoms with Crippen LogP contribution >= 0.6 is 0 Å². The summed E-state index contributed by atoms with van der Waals surface area (Å²) in [6, 6.07) is 0.621. The fourth-order valence-corrected chi connectivity index (χ4v) is 2.63. The maximum atomic E-state index is 3.64. The first-order valence-electron chi connectivity index (χ1n) is 7.26. The van der Waals surface area contributed by atoms with Crippen molar-refractivity contribution in [2.75, 3.05) is 6.54 Å². The molecule has 1 heteroatoms. The van der Waals surface area contributed by atoms with Gasteiger partial charge in [-0.05, 0) is 46.1 Å². The molecule has 0 aromatic carbocycles. The Hall–Kier alpha value is -0.480. The monoisotopic (exact) mass is 235 g/mol. The highest BCUT2D eigenvalue weighted by atomic mass is 14.9. The van der Waals surface area contributed by atoms with E-state index >= 15 is 0 Å². The van der Waals surface area contributed by atoms with Crippen LogP contribution in [-0.4, -0.2) is 12.6 Å². The normalized spacial score (nSPS) is 19.5. The lowest BCUT2D eigenvalue weighted by atomic mass is 9.82. The van der Waals surface area contributed by atoms with Gasteiger partial charge < -0.3 is 5.32 Å². The summed E-state index contributed by atoms with van der Waals surface area (Å²) < 4.78 is 0. The predicted molar refractivity (Wildman–Crippen MR) is 75.9 cm³/mol. The van der Waals surface area contributed by atoms with E-state index in [4.69, 9.17) is 0 Å². The Morgan fingerprint density at radius 1 is 1.18 bits per heavy atom. The van der Waals surface area contributed by atoms with Crippen LogP contribution in [0.25, 0.3) is 0 Å². The zero-order chi connectivity index (χ0) is 12.7. The van der Waals surface area contributed by atoms with Gasteiger partial charge in [-0.15, -0.1) is 5.92 Å². The highest BCUT2D eigenvalue weighted by Gasteiger charge is 2.22. The third-order valence-electron chi connectivity index (χ3n) is 3.47. The van der Waals surface area contributed by atoms with Crippen molar-refractivity contribution in [3.8, 4) is 11.8 Å². The van der Waals surface area contributed by atoms with Crippen LogP contribution in [0.2, 0.25) is 0 Å². The number of hydrogen-bond donors (Lipinski definition) is 1. The predicted octanol–water partition coefficient (Wildman–Crippen LogP) is 3.98. The summed E-state index contributed by atoms with van der Waals surface area (Å²) in [6.07, 6.45) is 8.08. The molecule has 1 aliphatic rings. The molecule has 1 fully saturated rings. The topological polar surface area (TPSA) is 12.0 Å². The molecule has 0 amide bonds. The quantitative estimate of drug-likeness (QED) is 0.727. The molecular weight excluding hydrogens is 206 g/mol. The lowest BCUT2D eigenvalue weighted by Gasteiger charge is -2.29. The molecule has 17 heavy (non-hydrogen) atoms. The fourth-order valence-electron chi connectivity index (χ4n) is 2.63. The van der Waals surface area contributed by atoms with Crippen molar-refractivity contribution in [3.05, 3.63) is 0 Å². The van der Waals surface area contributed by atoms with Crippen LogP contribution in [0.15, 0.2) is 0 Å². The van der Waals surface area contributed by atoms with E-state index in [1.165, 1.54) is 32.1 Å². The van der Waals surface area contributed by atoms with Crippen LogP contribution in [0.3, 0.4) is 0 Å². The van der Waals surface area contributed by atoms with E-state index in [0.717, 1.165) is 18.9 Å². The molecular formula is C16H29N. The molecule has 1 aliphatic carbocycles. The molecule has 0 aromatic heterocycles. The van der Waals surface area contributed by atoms with Gasteiger partial charge in [-0.25, -0.2) is 0 Å². The third kappa shape index (κ3) is 6.13. The smallest absolute Gasteiger partial charge is 0.0246 e. The largest absolute Gasteiger partial charge is 0.313 e. The summed E-state index contributed by atoms with van der Waals surface area (Å²) in [5, 5.41) is 3.64. The zero-order valence-electron chi connectivity index (χ0n) is 12.1. The van der Waals surface area contributed by atoms with Crippen molar-refractivity contribution >= 4 is 0 Å². The molecule has 0 heterocycles. The molecule has 1 saturated carbocycles. The summed E-state index contributed by atoms with van der Waals surface area (Å²) in [4.78, 5) is 0. The van der Waals surface area contributed by atoms with Gasteiger partial charge in [0.2, 0.25) is 0 Å². The average Bonchev–Trinajstić information content (AvgIpc) is 2.27. The molecule has 1 rings (SSSR count). The van der Waals surface area contributed by atoms with Crippen molar-refractivity contribution in [3.63, 3.8) is 0 Å². The van der Waals surface area contributed by atoms with E-state index in [1.54, 1.807) is 0 Å². The van der Waals surface area contributed by atoms with Gasteiger partial charge in [-0.1, -0.05) is 32.1 Å². The van der Waals surface area contributed by atoms with E-state index in [0.29, 0.717) is 6.04 Å². The number of nitrogens with one attached hydrogen (secondary N) is 1.